The summed E-state index contributed by atoms with van der Waals surface area (Å²) >= 11 is 0. The van der Waals surface area contributed by atoms with Gasteiger partial charge in [0.15, 0.2) is 0 Å². The van der Waals surface area contributed by atoms with Crippen LogP contribution in [0.5, 0.6) is 0 Å². The van der Waals surface area contributed by atoms with Gasteiger partial charge in [0.05, 0.1) is 13.7 Å². The van der Waals surface area contributed by atoms with Gasteiger partial charge in [0.2, 0.25) is 0 Å². The van der Waals surface area contributed by atoms with E-state index in [9.17, 15) is 10.4 Å². The van der Waals surface area contributed by atoms with Gasteiger partial charge in [0.1, 0.15) is 0 Å². The van der Waals surface area contributed by atoms with E-state index in [0.29, 0.717) is 17.1 Å². The number of nitrogens with zero attached hydrogens (tertiary/aromatic N) is 2. The summed E-state index contributed by atoms with van der Waals surface area (Å²) in [7, 11) is 1.32. The van der Waals surface area contributed by atoms with Crippen LogP contribution in [0.25, 0.3) is 0 Å². The number of hydroxylamine groups is 4. The molecular weight excluding hydrogens is 212 g/mol. The van der Waals surface area contributed by atoms with Crippen LogP contribution in [0.15, 0.2) is 12.2 Å². The van der Waals surface area contributed by atoms with E-state index in [-0.39, 0.29) is 11.8 Å². The van der Waals surface area contributed by atoms with E-state index in [1.54, 1.807) is 6.92 Å². The minimum absolute atomic E-state index is 0.0874. The number of hydrogen-bond acceptors (Lipinski definition) is 6. The fourth-order valence-corrected chi connectivity index (χ4v) is 2.67. The summed E-state index contributed by atoms with van der Waals surface area (Å²) in [6.07, 6.45) is 4.79. The van der Waals surface area contributed by atoms with Gasteiger partial charge in [-0.2, -0.15) is 0 Å². The molecule has 0 aromatic carbocycles. The number of hydrogen-bond donors (Lipinski definition) is 0. The molecule has 6 nitrogen and oxygen atoms in total. The highest BCUT2D eigenvalue weighted by molar-refractivity contribution is 5.18. The largest absolute Gasteiger partial charge is 0.762 e. The van der Waals surface area contributed by atoms with Crippen LogP contribution in [0.3, 0.4) is 0 Å². The van der Waals surface area contributed by atoms with Crippen molar-refractivity contribution < 1.29 is 9.68 Å². The van der Waals surface area contributed by atoms with E-state index in [4.69, 9.17) is 4.84 Å². The highest BCUT2D eigenvalue weighted by Crippen LogP contribution is 2.44. The highest BCUT2D eigenvalue weighted by atomic mass is 16.9. The summed E-state index contributed by atoms with van der Waals surface area (Å²) in [5.74, 6) is 0.176. The zero-order valence-electron chi connectivity index (χ0n) is 9.41. The fraction of sp³-hybridized carbons (Fsp3) is 0.800. The van der Waals surface area contributed by atoms with E-state index >= 15 is 0 Å². The molecule has 2 aliphatic carbocycles. The van der Waals surface area contributed by atoms with Gasteiger partial charge in [-0.3, -0.25) is 10.5 Å². The van der Waals surface area contributed by atoms with Crippen LogP contribution in [0, 0.1) is 22.3 Å². The summed E-state index contributed by atoms with van der Waals surface area (Å²) in [5.41, 5.74) is 0. The third-order valence-corrected chi connectivity index (χ3v) is 3.30. The molecule has 0 heterocycles. The molecule has 0 spiro atoms. The molecule has 4 atom stereocenters. The molecule has 16 heavy (non-hydrogen) atoms. The molecule has 0 amide bonds. The Bertz CT molecular complexity index is 274. The van der Waals surface area contributed by atoms with Crippen molar-refractivity contribution in [3.05, 3.63) is 22.6 Å². The molecule has 6 heteroatoms. The zero-order valence-corrected chi connectivity index (χ0v) is 9.41. The Kier molecular flexibility index (Phi) is 3.58. The Morgan fingerprint density at radius 2 is 1.75 bits per heavy atom. The first-order chi connectivity index (χ1) is 7.69. The normalized spacial score (nSPS) is 36.9. The SMILES string of the molecule is CCON([O-])C1C2C=CC(C2)C1N([O-])OC. The molecule has 0 radical (unpaired) electrons. The maximum atomic E-state index is 11.7. The van der Waals surface area contributed by atoms with E-state index in [1.807, 2.05) is 12.2 Å². The van der Waals surface area contributed by atoms with Gasteiger partial charge < -0.3 is 20.1 Å². The number of fused-ring (bicyclic) bond motifs is 2. The number of rotatable bonds is 5. The monoisotopic (exact) mass is 228 g/mol. The summed E-state index contributed by atoms with van der Waals surface area (Å²) in [5, 5.41) is 24.3. The summed E-state index contributed by atoms with van der Waals surface area (Å²) in [6, 6.07) is -0.934. The molecule has 0 aliphatic heterocycles. The van der Waals surface area contributed by atoms with Crippen molar-refractivity contribution >= 4 is 0 Å². The first-order valence-corrected chi connectivity index (χ1v) is 5.47. The second kappa shape index (κ2) is 4.79. The molecule has 1 fully saturated rings. The lowest BCUT2D eigenvalue weighted by molar-refractivity contribution is -0.198. The second-order valence-electron chi connectivity index (χ2n) is 4.10. The van der Waals surface area contributed by atoms with Gasteiger partial charge in [-0.1, -0.05) is 12.2 Å². The van der Waals surface area contributed by atoms with Crippen molar-refractivity contribution in [1.82, 2.24) is 10.5 Å². The highest BCUT2D eigenvalue weighted by Gasteiger charge is 2.46. The molecule has 0 aromatic rings. The first kappa shape index (κ1) is 12.0. The van der Waals surface area contributed by atoms with Crippen molar-refractivity contribution in [3.8, 4) is 0 Å². The van der Waals surface area contributed by atoms with Crippen molar-refractivity contribution in [2.24, 2.45) is 11.8 Å². The Labute approximate surface area is 94.5 Å². The van der Waals surface area contributed by atoms with Gasteiger partial charge in [-0.25, -0.2) is 0 Å². The third kappa shape index (κ3) is 1.88. The first-order valence-electron chi connectivity index (χ1n) is 5.47. The average molecular weight is 228 g/mol. The lowest BCUT2D eigenvalue weighted by Crippen LogP contribution is -2.50. The fourth-order valence-electron chi connectivity index (χ4n) is 2.67. The predicted molar refractivity (Wildman–Crippen MR) is 57.4 cm³/mol. The molecular formula is C10H16N2O4-2. The van der Waals surface area contributed by atoms with Crippen molar-refractivity contribution in [2.45, 2.75) is 25.4 Å². The third-order valence-electron chi connectivity index (χ3n) is 3.30. The van der Waals surface area contributed by atoms with Gasteiger partial charge in [0, 0.05) is 12.1 Å². The van der Waals surface area contributed by atoms with Gasteiger partial charge in [0.25, 0.3) is 0 Å². The molecule has 2 rings (SSSR count). The van der Waals surface area contributed by atoms with Crippen LogP contribution >= 0.6 is 0 Å². The average Bonchev–Trinajstić information content (AvgIpc) is 2.87. The van der Waals surface area contributed by atoms with Gasteiger partial charge >= 0.3 is 0 Å². The quantitative estimate of drug-likeness (QED) is 0.517. The summed E-state index contributed by atoms with van der Waals surface area (Å²) in [4.78, 5) is 9.59. The predicted octanol–water partition coefficient (Wildman–Crippen LogP) is 1.04. The molecule has 2 bridgehead atoms. The van der Waals surface area contributed by atoms with Gasteiger partial charge in [-0.15, -0.1) is 0 Å². The molecule has 2 aliphatic rings. The van der Waals surface area contributed by atoms with Crippen LogP contribution in [-0.2, 0) is 9.68 Å². The van der Waals surface area contributed by atoms with Crippen LogP contribution in [-0.4, -0.2) is 36.3 Å². The van der Waals surface area contributed by atoms with Crippen LogP contribution < -0.4 is 0 Å². The molecule has 4 unspecified atom stereocenters. The van der Waals surface area contributed by atoms with E-state index < -0.39 is 12.1 Å². The van der Waals surface area contributed by atoms with Crippen LogP contribution in [0.4, 0.5) is 0 Å². The Hall–Kier alpha value is -0.500. The van der Waals surface area contributed by atoms with Gasteiger partial charge in [-0.05, 0) is 25.2 Å². The lowest BCUT2D eigenvalue weighted by atomic mass is 9.97. The van der Waals surface area contributed by atoms with E-state index in [0.717, 1.165) is 6.42 Å². The smallest absolute Gasteiger partial charge is 0.0645 e. The molecule has 0 saturated heterocycles. The molecule has 1 saturated carbocycles. The summed E-state index contributed by atoms with van der Waals surface area (Å²) in [6.45, 7) is 2.05. The van der Waals surface area contributed by atoms with Crippen molar-refractivity contribution in [2.75, 3.05) is 13.7 Å². The topological polar surface area (TPSA) is 71.1 Å². The Balaban J connectivity index is 2.12. The minimum Gasteiger partial charge on any atom is -0.762 e. The maximum Gasteiger partial charge on any atom is 0.0645 e. The summed E-state index contributed by atoms with van der Waals surface area (Å²) < 4.78 is 0. The second-order valence-corrected chi connectivity index (χ2v) is 4.10. The zero-order chi connectivity index (χ0) is 11.7. The Morgan fingerprint density at radius 1 is 1.19 bits per heavy atom. The maximum absolute atomic E-state index is 11.7. The van der Waals surface area contributed by atoms with Crippen LogP contribution in [0.1, 0.15) is 13.3 Å². The lowest BCUT2D eigenvalue weighted by Gasteiger charge is -2.46. The molecule has 0 aromatic heterocycles. The van der Waals surface area contributed by atoms with E-state index in [1.165, 1.54) is 7.11 Å². The molecule has 0 N–H and O–H groups in total. The van der Waals surface area contributed by atoms with Crippen LogP contribution in [0.2, 0.25) is 0 Å². The standard InChI is InChI=1S/C10H16N2O4/c1-3-16-12(14)10-8-5-4-7(6-8)9(10)11(13)15-2/h4-5,7-10H,3,6H2,1-2H3/q-2. The molecule has 92 valence electrons. The van der Waals surface area contributed by atoms with Crippen molar-refractivity contribution in [1.29, 1.82) is 0 Å². The van der Waals surface area contributed by atoms with Crippen molar-refractivity contribution in [3.63, 3.8) is 0 Å². The van der Waals surface area contributed by atoms with E-state index in [2.05, 4.69) is 4.84 Å². The minimum atomic E-state index is -0.468. The Morgan fingerprint density at radius 3 is 2.25 bits per heavy atom.